The van der Waals surface area contributed by atoms with Crippen molar-refractivity contribution in [3.8, 4) is 0 Å². The van der Waals surface area contributed by atoms with Crippen molar-refractivity contribution in [1.82, 2.24) is 0 Å². The molecule has 1 N–H and O–H groups in total. The molecule has 0 unspecified atom stereocenters. The van der Waals surface area contributed by atoms with Gasteiger partial charge in [0.15, 0.2) is 0 Å². The number of halogens is 4. The number of hydrogen-bond acceptors (Lipinski definition) is 3. The van der Waals surface area contributed by atoms with Crippen LogP contribution in [-0.2, 0) is 15.8 Å². The average Bonchev–Trinajstić information content (AvgIpc) is 2.98. The van der Waals surface area contributed by atoms with E-state index in [-0.39, 0.29) is 22.6 Å². The van der Waals surface area contributed by atoms with Crippen LogP contribution >= 0.6 is 0 Å². The van der Waals surface area contributed by atoms with Gasteiger partial charge in [-0.1, -0.05) is 42.0 Å². The Hall–Kier alpha value is -3.94. The number of rotatable bonds is 4. The van der Waals surface area contributed by atoms with Crippen molar-refractivity contribution in [2.24, 2.45) is 0 Å². The van der Waals surface area contributed by atoms with E-state index in [1.807, 2.05) is 13.0 Å². The average molecular weight is 454 g/mol. The lowest BCUT2D eigenvalue weighted by Crippen LogP contribution is -2.33. The van der Waals surface area contributed by atoms with E-state index in [2.05, 4.69) is 5.32 Å². The number of hydrogen-bond donors (Lipinski definition) is 1. The van der Waals surface area contributed by atoms with Gasteiger partial charge in [-0.3, -0.25) is 9.59 Å². The van der Waals surface area contributed by atoms with E-state index in [0.29, 0.717) is 16.0 Å². The summed E-state index contributed by atoms with van der Waals surface area (Å²) in [5, 5.41) is 2.69. The van der Waals surface area contributed by atoms with E-state index in [1.165, 1.54) is 30.3 Å². The second-order valence-electron chi connectivity index (χ2n) is 7.67. The van der Waals surface area contributed by atoms with Crippen LogP contribution < -0.4 is 10.2 Å². The topological polar surface area (TPSA) is 49.4 Å². The molecule has 33 heavy (non-hydrogen) atoms. The van der Waals surface area contributed by atoms with Gasteiger partial charge in [0.2, 0.25) is 0 Å². The SMILES string of the molecule is Cc1ccc(C2=C(Nc3cccc(C(F)(F)F)c3)C(=O)N(c3ccccc3F)C2=O)c(C)c1. The van der Waals surface area contributed by atoms with E-state index in [1.54, 1.807) is 19.1 Å². The second kappa shape index (κ2) is 8.20. The van der Waals surface area contributed by atoms with Crippen molar-refractivity contribution in [3.63, 3.8) is 0 Å². The number of anilines is 2. The van der Waals surface area contributed by atoms with Gasteiger partial charge in [-0.15, -0.1) is 0 Å². The fourth-order valence-electron chi connectivity index (χ4n) is 3.76. The molecule has 0 saturated carbocycles. The summed E-state index contributed by atoms with van der Waals surface area (Å²) in [6, 6.07) is 14.8. The first-order valence-corrected chi connectivity index (χ1v) is 9.97. The predicted octanol–water partition coefficient (Wildman–Crippen LogP) is 5.86. The molecule has 0 spiro atoms. The molecule has 0 radical (unpaired) electrons. The third-order valence-electron chi connectivity index (χ3n) is 5.29. The smallest absolute Gasteiger partial charge is 0.350 e. The van der Waals surface area contributed by atoms with Crippen molar-refractivity contribution in [2.45, 2.75) is 20.0 Å². The number of carbonyl (C=O) groups is 2. The lowest BCUT2D eigenvalue weighted by atomic mass is 9.97. The third-order valence-corrected chi connectivity index (χ3v) is 5.29. The quantitative estimate of drug-likeness (QED) is 0.397. The van der Waals surface area contributed by atoms with Gasteiger partial charge in [-0.25, -0.2) is 9.29 Å². The normalized spacial score (nSPS) is 14.3. The number of nitrogens with one attached hydrogen (secondary N) is 1. The monoisotopic (exact) mass is 454 g/mol. The first kappa shape index (κ1) is 22.3. The van der Waals surface area contributed by atoms with Crippen LogP contribution in [0.25, 0.3) is 5.57 Å². The fourth-order valence-corrected chi connectivity index (χ4v) is 3.76. The number of aryl methyl sites for hydroxylation is 2. The van der Waals surface area contributed by atoms with Gasteiger partial charge in [0, 0.05) is 5.69 Å². The number of nitrogens with zero attached hydrogens (tertiary/aromatic N) is 1. The minimum Gasteiger partial charge on any atom is -0.350 e. The molecule has 1 aliphatic rings. The van der Waals surface area contributed by atoms with Gasteiger partial charge < -0.3 is 5.32 Å². The zero-order valence-corrected chi connectivity index (χ0v) is 17.6. The van der Waals surface area contributed by atoms with Crippen LogP contribution in [0.2, 0.25) is 0 Å². The molecule has 4 rings (SSSR count). The summed E-state index contributed by atoms with van der Waals surface area (Å²) in [7, 11) is 0. The Morgan fingerprint density at radius 1 is 0.848 bits per heavy atom. The number of para-hydroxylation sites is 1. The van der Waals surface area contributed by atoms with Gasteiger partial charge in [0.25, 0.3) is 11.8 Å². The Labute approximate surface area is 187 Å². The number of alkyl halides is 3. The maximum Gasteiger partial charge on any atom is 0.416 e. The van der Waals surface area contributed by atoms with Crippen LogP contribution in [0.1, 0.15) is 22.3 Å². The summed E-state index contributed by atoms with van der Waals surface area (Å²) in [6.45, 7) is 3.61. The van der Waals surface area contributed by atoms with Crippen molar-refractivity contribution in [1.29, 1.82) is 0 Å². The first-order valence-electron chi connectivity index (χ1n) is 9.97. The predicted molar refractivity (Wildman–Crippen MR) is 117 cm³/mol. The molecular weight excluding hydrogens is 436 g/mol. The van der Waals surface area contributed by atoms with Crippen LogP contribution in [0.3, 0.4) is 0 Å². The highest BCUT2D eigenvalue weighted by atomic mass is 19.4. The minimum absolute atomic E-state index is 0.0291. The van der Waals surface area contributed by atoms with Gasteiger partial charge in [0.05, 0.1) is 16.8 Å². The molecule has 0 bridgehead atoms. The van der Waals surface area contributed by atoms with Crippen LogP contribution in [-0.4, -0.2) is 11.8 Å². The number of carbonyl (C=O) groups excluding carboxylic acids is 2. The highest BCUT2D eigenvalue weighted by molar-refractivity contribution is 6.46. The van der Waals surface area contributed by atoms with Crippen LogP contribution in [0.4, 0.5) is 28.9 Å². The maximum atomic E-state index is 14.5. The van der Waals surface area contributed by atoms with Crippen LogP contribution in [0, 0.1) is 19.7 Å². The van der Waals surface area contributed by atoms with Crippen LogP contribution in [0.5, 0.6) is 0 Å². The van der Waals surface area contributed by atoms with Gasteiger partial charge in [-0.2, -0.15) is 13.2 Å². The zero-order valence-electron chi connectivity index (χ0n) is 17.6. The molecule has 0 atom stereocenters. The molecule has 2 amide bonds. The van der Waals surface area contributed by atoms with Crippen molar-refractivity contribution >= 4 is 28.8 Å². The molecule has 8 heteroatoms. The number of imide groups is 1. The summed E-state index contributed by atoms with van der Waals surface area (Å²) >= 11 is 0. The highest BCUT2D eigenvalue weighted by Gasteiger charge is 2.42. The summed E-state index contributed by atoms with van der Waals surface area (Å²) < 4.78 is 54.0. The standard InChI is InChI=1S/C25H18F4N2O2/c1-14-10-11-18(15(2)12-14)21-22(30-17-7-5-6-16(13-17)25(27,28)29)24(33)31(23(21)32)20-9-4-3-8-19(20)26/h3-13,30H,1-2H3. The fraction of sp³-hybridized carbons (Fsp3) is 0.120. The van der Waals surface area contributed by atoms with Gasteiger partial charge in [-0.05, 0) is 55.3 Å². The molecule has 0 aromatic heterocycles. The summed E-state index contributed by atoms with van der Waals surface area (Å²) in [5.74, 6) is -2.41. The Balaban J connectivity index is 1.87. The number of benzene rings is 3. The summed E-state index contributed by atoms with van der Waals surface area (Å²) in [5.41, 5.74) is 0.579. The molecule has 168 valence electrons. The highest BCUT2D eigenvalue weighted by Crippen LogP contribution is 2.37. The molecule has 0 saturated heterocycles. The summed E-state index contributed by atoms with van der Waals surface area (Å²) in [4.78, 5) is 27.4. The Kier molecular flexibility index (Phi) is 5.53. The molecule has 0 fully saturated rings. The maximum absolute atomic E-state index is 14.5. The Bertz CT molecular complexity index is 1310. The molecule has 1 aliphatic heterocycles. The molecule has 3 aromatic rings. The van der Waals surface area contributed by atoms with E-state index in [4.69, 9.17) is 0 Å². The lowest BCUT2D eigenvalue weighted by Gasteiger charge is -2.16. The minimum atomic E-state index is -4.59. The van der Waals surface area contributed by atoms with Crippen molar-refractivity contribution in [2.75, 3.05) is 10.2 Å². The van der Waals surface area contributed by atoms with Crippen LogP contribution in [0.15, 0.2) is 72.4 Å². The van der Waals surface area contributed by atoms with E-state index >= 15 is 0 Å². The van der Waals surface area contributed by atoms with E-state index in [9.17, 15) is 27.2 Å². The van der Waals surface area contributed by atoms with Crippen molar-refractivity contribution in [3.05, 3.63) is 100 Å². The molecule has 4 nitrogen and oxygen atoms in total. The van der Waals surface area contributed by atoms with Gasteiger partial charge in [0.1, 0.15) is 11.5 Å². The van der Waals surface area contributed by atoms with Gasteiger partial charge >= 0.3 is 6.18 Å². The van der Waals surface area contributed by atoms with E-state index < -0.39 is 29.4 Å². The molecular formula is C25H18F4N2O2. The third kappa shape index (κ3) is 4.11. The Morgan fingerprint density at radius 2 is 1.58 bits per heavy atom. The van der Waals surface area contributed by atoms with E-state index in [0.717, 1.165) is 23.8 Å². The zero-order chi connectivity index (χ0) is 23.9. The summed E-state index contributed by atoms with van der Waals surface area (Å²) in [6.07, 6.45) is -4.59. The largest absolute Gasteiger partial charge is 0.416 e. The molecule has 1 heterocycles. The van der Waals surface area contributed by atoms with Crippen molar-refractivity contribution < 1.29 is 27.2 Å². The second-order valence-corrected chi connectivity index (χ2v) is 7.67. The Morgan fingerprint density at radius 3 is 2.24 bits per heavy atom. The molecule has 0 aliphatic carbocycles. The first-order chi connectivity index (χ1) is 15.6. The molecule has 3 aromatic carbocycles. The number of amides is 2. The lowest BCUT2D eigenvalue weighted by molar-refractivity contribution is -0.137.